The van der Waals surface area contributed by atoms with Gasteiger partial charge < -0.3 is 22.8 Å². The normalized spacial score (nSPS) is 12.6. The van der Waals surface area contributed by atoms with Crippen molar-refractivity contribution in [2.24, 2.45) is 0 Å². The molecule has 1 N–H and O–H groups in total. The first-order valence-electron chi connectivity index (χ1n) is 5.82. The van der Waals surface area contributed by atoms with Crippen LogP contribution in [0.5, 0.6) is 0 Å². The number of halogens is 3. The molecule has 2 aromatic rings. The number of nitrogens with zero attached hydrogens (tertiary/aromatic N) is 1. The van der Waals surface area contributed by atoms with E-state index < -0.39 is 12.4 Å². The molecule has 2 nitrogen and oxygen atoms in total. The number of benzene rings is 1. The second-order valence-electron chi connectivity index (χ2n) is 4.75. The van der Waals surface area contributed by atoms with Crippen LogP contribution in [0.4, 0.5) is 12.9 Å². The van der Waals surface area contributed by atoms with Crippen LogP contribution in [0.25, 0.3) is 10.9 Å². The van der Waals surface area contributed by atoms with Crippen LogP contribution in [0, 0.1) is 0 Å². The van der Waals surface area contributed by atoms with E-state index in [1.54, 1.807) is 6.20 Å². The summed E-state index contributed by atoms with van der Waals surface area (Å²) in [5, 5.41) is 0.675. The van der Waals surface area contributed by atoms with E-state index in [0.717, 1.165) is 30.1 Å². The number of likely N-dealkylation sites (N-methyl/N-ethyl adjacent to an activating group) is 1. The van der Waals surface area contributed by atoms with Crippen LogP contribution >= 0.6 is 0 Å². The summed E-state index contributed by atoms with van der Waals surface area (Å²) in [6, 6.07) is 3.88. The lowest BCUT2D eigenvalue weighted by Crippen LogP contribution is -2.33. The first-order valence-corrected chi connectivity index (χ1v) is 5.82. The van der Waals surface area contributed by atoms with Crippen LogP contribution in [0.1, 0.15) is 5.56 Å². The van der Waals surface area contributed by atoms with E-state index in [9.17, 15) is 12.9 Å². The van der Waals surface area contributed by atoms with Gasteiger partial charge in [-0.15, -0.1) is 5.46 Å². The van der Waals surface area contributed by atoms with Gasteiger partial charge >= 0.3 is 6.98 Å². The van der Waals surface area contributed by atoms with Crippen molar-refractivity contribution in [2.45, 2.75) is 6.42 Å². The van der Waals surface area contributed by atoms with Crippen molar-refractivity contribution in [1.29, 1.82) is 0 Å². The Kier molecular flexibility index (Phi) is 3.39. The molecule has 1 aromatic carbocycles. The van der Waals surface area contributed by atoms with Crippen molar-refractivity contribution in [1.82, 2.24) is 9.88 Å². The maximum Gasteiger partial charge on any atom is 0.509 e. The van der Waals surface area contributed by atoms with Crippen molar-refractivity contribution in [3.8, 4) is 0 Å². The number of H-pyrrole nitrogens is 1. The van der Waals surface area contributed by atoms with Crippen molar-refractivity contribution in [3.63, 3.8) is 0 Å². The molecule has 0 bridgehead atoms. The summed E-state index contributed by atoms with van der Waals surface area (Å²) < 4.78 is 38.1. The molecule has 0 fully saturated rings. The average molecular weight is 255 g/mol. The van der Waals surface area contributed by atoms with Gasteiger partial charge in [0.1, 0.15) is 0 Å². The van der Waals surface area contributed by atoms with E-state index in [0.29, 0.717) is 5.39 Å². The summed E-state index contributed by atoms with van der Waals surface area (Å²) in [5.74, 6) is 0. The van der Waals surface area contributed by atoms with E-state index in [1.165, 1.54) is 12.1 Å². The third kappa shape index (κ3) is 2.69. The van der Waals surface area contributed by atoms with Crippen molar-refractivity contribution < 1.29 is 12.9 Å². The molecule has 0 aliphatic rings. The van der Waals surface area contributed by atoms with Crippen LogP contribution in [0.15, 0.2) is 24.4 Å². The number of fused-ring (bicyclic) bond motifs is 1. The highest BCUT2D eigenvalue weighted by Crippen LogP contribution is 2.20. The van der Waals surface area contributed by atoms with Crippen molar-refractivity contribution >= 4 is 23.3 Å². The molecule has 2 rings (SSSR count). The van der Waals surface area contributed by atoms with Crippen molar-refractivity contribution in [2.75, 3.05) is 20.6 Å². The summed E-state index contributed by atoms with van der Waals surface area (Å²) >= 11 is 0. The Bertz CT molecular complexity index is 546. The molecule has 0 saturated carbocycles. The molecule has 0 atom stereocenters. The molecule has 1 aromatic heterocycles. The fraction of sp³-hybridized carbons (Fsp3) is 0.333. The molecular formula is C12H15BF3N2-. The van der Waals surface area contributed by atoms with E-state index in [-0.39, 0.29) is 0 Å². The molecule has 0 unspecified atom stereocenters. The molecule has 0 radical (unpaired) electrons. The minimum atomic E-state index is -4.93. The zero-order valence-electron chi connectivity index (χ0n) is 10.4. The lowest BCUT2D eigenvalue weighted by atomic mass is 9.79. The van der Waals surface area contributed by atoms with Crippen LogP contribution in [0.2, 0.25) is 0 Å². The molecule has 98 valence electrons. The molecule has 0 amide bonds. The van der Waals surface area contributed by atoms with Crippen LogP contribution in [-0.4, -0.2) is 37.5 Å². The zero-order valence-corrected chi connectivity index (χ0v) is 10.4. The quantitative estimate of drug-likeness (QED) is 0.831. The predicted octanol–water partition coefficient (Wildman–Crippen LogP) is 2.33. The van der Waals surface area contributed by atoms with Gasteiger partial charge in [-0.25, -0.2) is 0 Å². The Labute approximate surface area is 104 Å². The van der Waals surface area contributed by atoms with Gasteiger partial charge in [-0.05, 0) is 37.5 Å². The number of hydrogen-bond acceptors (Lipinski definition) is 1. The van der Waals surface area contributed by atoms with Gasteiger partial charge in [0.05, 0.1) is 0 Å². The van der Waals surface area contributed by atoms with E-state index in [2.05, 4.69) is 4.98 Å². The van der Waals surface area contributed by atoms with Gasteiger partial charge in [0, 0.05) is 18.3 Å². The first kappa shape index (κ1) is 13.0. The maximum absolute atomic E-state index is 12.7. The zero-order chi connectivity index (χ0) is 13.3. The highest BCUT2D eigenvalue weighted by molar-refractivity contribution is 6.73. The van der Waals surface area contributed by atoms with E-state index in [1.807, 2.05) is 19.0 Å². The minimum absolute atomic E-state index is 0.534. The molecular weight excluding hydrogens is 240 g/mol. The standard InChI is InChI=1S/C12H15BF3N2/c1-18(2)6-5-9-8-17-12-4-3-10(7-11(9)12)13(14,15)16/h3-4,7-8,17H,5-6H2,1-2H3/q-1. The Hall–Kier alpha value is -1.43. The summed E-state index contributed by atoms with van der Waals surface area (Å²) in [6.07, 6.45) is 2.53. The SMILES string of the molecule is CN(C)CCc1c[nH]c2ccc([B-](F)(F)F)cc12. The monoisotopic (exact) mass is 255 g/mol. The third-order valence-corrected chi connectivity index (χ3v) is 3.00. The van der Waals surface area contributed by atoms with Gasteiger partial charge in [0.2, 0.25) is 0 Å². The Morgan fingerprint density at radius 1 is 1.22 bits per heavy atom. The highest BCUT2D eigenvalue weighted by atomic mass is 19.4. The predicted molar refractivity (Wildman–Crippen MR) is 69.3 cm³/mol. The minimum Gasteiger partial charge on any atom is -0.445 e. The second-order valence-corrected chi connectivity index (χ2v) is 4.75. The lowest BCUT2D eigenvalue weighted by molar-refractivity contribution is 0.414. The van der Waals surface area contributed by atoms with E-state index >= 15 is 0 Å². The second kappa shape index (κ2) is 4.68. The summed E-state index contributed by atoms with van der Waals surface area (Å²) in [4.78, 5) is 5.02. The largest absolute Gasteiger partial charge is 0.509 e. The Morgan fingerprint density at radius 2 is 1.94 bits per heavy atom. The van der Waals surface area contributed by atoms with Gasteiger partial charge in [0.25, 0.3) is 0 Å². The van der Waals surface area contributed by atoms with Gasteiger partial charge in [0.15, 0.2) is 0 Å². The summed E-state index contributed by atoms with van der Waals surface area (Å²) in [6.45, 7) is -4.12. The summed E-state index contributed by atoms with van der Waals surface area (Å²) in [5.41, 5.74) is 1.15. The van der Waals surface area contributed by atoms with Gasteiger partial charge in [-0.2, -0.15) is 0 Å². The topological polar surface area (TPSA) is 19.0 Å². The Morgan fingerprint density at radius 3 is 2.56 bits per heavy atom. The molecule has 0 spiro atoms. The Balaban J connectivity index is 2.37. The lowest BCUT2D eigenvalue weighted by Gasteiger charge is -2.15. The van der Waals surface area contributed by atoms with Gasteiger partial charge in [-0.3, -0.25) is 0 Å². The van der Waals surface area contributed by atoms with Crippen LogP contribution < -0.4 is 5.46 Å². The van der Waals surface area contributed by atoms with Crippen LogP contribution in [0.3, 0.4) is 0 Å². The number of nitrogens with one attached hydrogen (secondary N) is 1. The molecule has 0 saturated heterocycles. The fourth-order valence-electron chi connectivity index (χ4n) is 1.95. The number of rotatable bonds is 4. The fourth-order valence-corrected chi connectivity index (χ4v) is 1.95. The number of aromatic amines is 1. The molecule has 0 aliphatic carbocycles. The molecule has 6 heteroatoms. The van der Waals surface area contributed by atoms with E-state index in [4.69, 9.17) is 0 Å². The van der Waals surface area contributed by atoms with Gasteiger partial charge in [-0.1, -0.05) is 12.1 Å². The molecule has 18 heavy (non-hydrogen) atoms. The molecule has 0 aliphatic heterocycles. The first-order chi connectivity index (χ1) is 8.38. The number of hydrogen-bond donors (Lipinski definition) is 1. The van der Waals surface area contributed by atoms with Crippen molar-refractivity contribution in [3.05, 3.63) is 30.0 Å². The highest BCUT2D eigenvalue weighted by Gasteiger charge is 2.25. The number of aromatic nitrogens is 1. The smallest absolute Gasteiger partial charge is 0.445 e. The molecule has 1 heterocycles. The summed E-state index contributed by atoms with van der Waals surface area (Å²) in [7, 11) is 3.89. The third-order valence-electron chi connectivity index (χ3n) is 3.00. The average Bonchev–Trinajstić information content (AvgIpc) is 2.67. The van der Waals surface area contributed by atoms with Crippen LogP contribution in [-0.2, 0) is 6.42 Å². The maximum atomic E-state index is 12.7.